The molecular weight excluding hydrogens is 269 g/mol. The van der Waals surface area contributed by atoms with Crippen molar-refractivity contribution < 1.29 is 13.9 Å². The number of anilines is 1. The molecule has 0 N–H and O–H groups in total. The number of Topliss-reactive ketones (excluding diaryl/α,β-unsaturated/α-hetero) is 1. The zero-order valence-corrected chi connectivity index (χ0v) is 13.1. The van der Waals surface area contributed by atoms with Gasteiger partial charge in [0.05, 0.1) is 11.5 Å². The number of carbonyl (C=O) groups excluding carboxylic acids is 1. The third-order valence-electron chi connectivity index (χ3n) is 4.71. The van der Waals surface area contributed by atoms with Gasteiger partial charge in [-0.3, -0.25) is 4.79 Å². The van der Waals surface area contributed by atoms with Crippen molar-refractivity contribution in [2.24, 2.45) is 5.92 Å². The average Bonchev–Trinajstić information content (AvgIpc) is 2.81. The van der Waals surface area contributed by atoms with Crippen LogP contribution in [-0.4, -0.2) is 30.1 Å². The van der Waals surface area contributed by atoms with Crippen LogP contribution in [0.15, 0.2) is 18.2 Å². The van der Waals surface area contributed by atoms with Crippen molar-refractivity contribution in [3.63, 3.8) is 0 Å². The molecule has 114 valence electrons. The van der Waals surface area contributed by atoms with Crippen molar-refractivity contribution in [2.45, 2.75) is 45.3 Å². The summed E-state index contributed by atoms with van der Waals surface area (Å²) < 4.78 is 19.4. The molecule has 1 fully saturated rings. The van der Waals surface area contributed by atoms with E-state index in [4.69, 9.17) is 4.74 Å². The molecule has 0 aliphatic carbocycles. The van der Waals surface area contributed by atoms with E-state index in [1.807, 2.05) is 33.8 Å². The Labute approximate surface area is 125 Å². The maximum Gasteiger partial charge on any atom is 0.171 e. The first-order chi connectivity index (χ1) is 9.71. The minimum Gasteiger partial charge on any atom is -0.370 e. The fourth-order valence-corrected chi connectivity index (χ4v) is 3.65. The lowest BCUT2D eigenvalue weighted by Crippen LogP contribution is -2.40. The maximum absolute atomic E-state index is 13.5. The lowest BCUT2D eigenvalue weighted by Gasteiger charge is -2.30. The highest BCUT2D eigenvalue weighted by atomic mass is 19.1. The largest absolute Gasteiger partial charge is 0.370 e. The number of halogens is 1. The topological polar surface area (TPSA) is 29.5 Å². The van der Waals surface area contributed by atoms with Gasteiger partial charge >= 0.3 is 0 Å². The summed E-state index contributed by atoms with van der Waals surface area (Å²) in [6.45, 7) is 9.01. The molecule has 1 aromatic rings. The second-order valence-electron chi connectivity index (χ2n) is 7.10. The second-order valence-corrected chi connectivity index (χ2v) is 7.10. The number of hydrogen-bond donors (Lipinski definition) is 0. The number of ketones is 1. The standard InChI is InChI=1S/C17H22FNO2/c1-16(2)13(15(20)17(3,4)21-16)10-19-8-7-11-5-6-12(18)9-14(11)19/h5-6,9,13H,7-8,10H2,1-4H3. The van der Waals surface area contributed by atoms with Crippen LogP contribution in [0.2, 0.25) is 0 Å². The van der Waals surface area contributed by atoms with Gasteiger partial charge in [-0.05, 0) is 51.8 Å². The predicted octanol–water partition coefficient (Wildman–Crippen LogP) is 2.96. The number of ether oxygens (including phenoxy) is 1. The third kappa shape index (κ3) is 2.35. The first-order valence-electron chi connectivity index (χ1n) is 7.48. The predicted molar refractivity (Wildman–Crippen MR) is 80.1 cm³/mol. The molecule has 1 unspecified atom stereocenters. The number of fused-ring (bicyclic) bond motifs is 1. The average molecular weight is 291 g/mol. The minimum atomic E-state index is -0.737. The summed E-state index contributed by atoms with van der Waals surface area (Å²) in [5.41, 5.74) is 0.845. The van der Waals surface area contributed by atoms with E-state index >= 15 is 0 Å². The van der Waals surface area contributed by atoms with E-state index < -0.39 is 11.2 Å². The molecule has 0 aromatic heterocycles. The summed E-state index contributed by atoms with van der Waals surface area (Å²) in [6, 6.07) is 4.91. The van der Waals surface area contributed by atoms with Gasteiger partial charge in [0, 0.05) is 18.8 Å². The smallest absolute Gasteiger partial charge is 0.171 e. The lowest BCUT2D eigenvalue weighted by molar-refractivity contribution is -0.132. The molecule has 0 spiro atoms. The summed E-state index contributed by atoms with van der Waals surface area (Å²) in [5.74, 6) is -0.284. The van der Waals surface area contributed by atoms with Crippen molar-refractivity contribution in [1.29, 1.82) is 0 Å². The van der Waals surface area contributed by atoms with Gasteiger partial charge in [-0.15, -0.1) is 0 Å². The minimum absolute atomic E-state index is 0.136. The molecule has 1 atom stereocenters. The highest BCUT2D eigenvalue weighted by molar-refractivity contribution is 5.92. The number of carbonyl (C=O) groups is 1. The molecule has 0 amide bonds. The van der Waals surface area contributed by atoms with E-state index in [9.17, 15) is 9.18 Å². The Morgan fingerprint density at radius 2 is 2.05 bits per heavy atom. The molecule has 3 nitrogen and oxygen atoms in total. The van der Waals surface area contributed by atoms with Crippen LogP contribution < -0.4 is 4.90 Å². The van der Waals surface area contributed by atoms with Gasteiger partial charge in [0.15, 0.2) is 5.78 Å². The summed E-state index contributed by atoms with van der Waals surface area (Å²) >= 11 is 0. The van der Waals surface area contributed by atoms with Gasteiger partial charge in [0.1, 0.15) is 11.4 Å². The van der Waals surface area contributed by atoms with E-state index in [2.05, 4.69) is 4.90 Å². The normalized spacial score (nSPS) is 26.2. The van der Waals surface area contributed by atoms with Crippen LogP contribution in [0.3, 0.4) is 0 Å². The number of hydrogen-bond acceptors (Lipinski definition) is 3. The molecule has 2 heterocycles. The Morgan fingerprint density at radius 3 is 2.67 bits per heavy atom. The van der Waals surface area contributed by atoms with Gasteiger partial charge in [-0.1, -0.05) is 6.07 Å². The Morgan fingerprint density at radius 1 is 1.33 bits per heavy atom. The molecule has 1 saturated heterocycles. The second kappa shape index (κ2) is 4.54. The molecule has 21 heavy (non-hydrogen) atoms. The summed E-state index contributed by atoms with van der Waals surface area (Å²) in [5, 5.41) is 0. The zero-order valence-electron chi connectivity index (χ0n) is 13.1. The Bertz CT molecular complexity index is 594. The zero-order chi connectivity index (χ0) is 15.4. The van der Waals surface area contributed by atoms with E-state index in [0.29, 0.717) is 6.54 Å². The van der Waals surface area contributed by atoms with Gasteiger partial charge in [0.2, 0.25) is 0 Å². The van der Waals surface area contributed by atoms with Crippen LogP contribution >= 0.6 is 0 Å². The van der Waals surface area contributed by atoms with E-state index in [0.717, 1.165) is 24.2 Å². The lowest BCUT2D eigenvalue weighted by atomic mass is 9.85. The molecular formula is C17H22FNO2. The highest BCUT2D eigenvalue weighted by Crippen LogP contribution is 2.41. The van der Waals surface area contributed by atoms with Crippen molar-refractivity contribution >= 4 is 11.5 Å². The van der Waals surface area contributed by atoms with Gasteiger partial charge in [-0.2, -0.15) is 0 Å². The summed E-state index contributed by atoms with van der Waals surface area (Å²) in [4.78, 5) is 14.7. The fourth-order valence-electron chi connectivity index (χ4n) is 3.65. The van der Waals surface area contributed by atoms with Gasteiger partial charge in [-0.25, -0.2) is 4.39 Å². The number of benzene rings is 1. The molecule has 4 heteroatoms. The monoisotopic (exact) mass is 291 g/mol. The molecule has 2 aliphatic heterocycles. The van der Waals surface area contributed by atoms with E-state index in [-0.39, 0.29) is 17.5 Å². The number of rotatable bonds is 2. The van der Waals surface area contributed by atoms with Crippen LogP contribution in [0.4, 0.5) is 10.1 Å². The maximum atomic E-state index is 13.5. The Balaban J connectivity index is 1.86. The van der Waals surface area contributed by atoms with Gasteiger partial charge < -0.3 is 9.64 Å². The number of nitrogens with zero attached hydrogens (tertiary/aromatic N) is 1. The van der Waals surface area contributed by atoms with Crippen molar-refractivity contribution in [1.82, 2.24) is 0 Å². The van der Waals surface area contributed by atoms with Crippen LogP contribution in [0.5, 0.6) is 0 Å². The quantitative estimate of drug-likeness (QED) is 0.839. The van der Waals surface area contributed by atoms with E-state index in [1.54, 1.807) is 6.07 Å². The summed E-state index contributed by atoms with van der Waals surface area (Å²) in [7, 11) is 0. The van der Waals surface area contributed by atoms with Gasteiger partial charge in [0.25, 0.3) is 0 Å². The molecule has 0 saturated carbocycles. The molecule has 3 rings (SSSR count). The third-order valence-corrected chi connectivity index (χ3v) is 4.71. The van der Waals surface area contributed by atoms with Crippen LogP contribution in [0.1, 0.15) is 33.3 Å². The van der Waals surface area contributed by atoms with Crippen molar-refractivity contribution in [2.75, 3.05) is 18.0 Å². The summed E-state index contributed by atoms with van der Waals surface area (Å²) in [6.07, 6.45) is 0.904. The van der Waals surface area contributed by atoms with Crippen LogP contribution in [0.25, 0.3) is 0 Å². The molecule has 0 bridgehead atoms. The van der Waals surface area contributed by atoms with Crippen molar-refractivity contribution in [3.05, 3.63) is 29.6 Å². The first kappa shape index (κ1) is 14.5. The van der Waals surface area contributed by atoms with Crippen molar-refractivity contribution in [3.8, 4) is 0 Å². The molecule has 2 aliphatic rings. The molecule has 1 aromatic carbocycles. The Kier molecular flexibility index (Phi) is 3.14. The SMILES string of the molecule is CC1(C)OC(C)(C)C(CN2CCc3ccc(F)cc32)C1=O. The molecule has 0 radical (unpaired) electrons. The van der Waals surface area contributed by atoms with E-state index in [1.165, 1.54) is 6.07 Å². The Hall–Kier alpha value is -1.42. The fraction of sp³-hybridized carbons (Fsp3) is 0.588. The highest BCUT2D eigenvalue weighted by Gasteiger charge is 2.53. The van der Waals surface area contributed by atoms with Crippen LogP contribution in [0, 0.1) is 11.7 Å². The van der Waals surface area contributed by atoms with Crippen LogP contribution in [-0.2, 0) is 16.0 Å². The first-order valence-corrected chi connectivity index (χ1v) is 7.48.